The fourth-order valence-corrected chi connectivity index (χ4v) is 6.35. The molecule has 5 amide bonds. The molecule has 4 heterocycles. The number of amidine groups is 1. The number of anilines is 2. The summed E-state index contributed by atoms with van der Waals surface area (Å²) in [4.78, 5) is 55.0. The molecule has 3 atom stereocenters. The van der Waals surface area contributed by atoms with E-state index in [4.69, 9.17) is 4.99 Å². The highest BCUT2D eigenvalue weighted by Crippen LogP contribution is 2.53. The minimum atomic E-state index is -0.132. The minimum Gasteiger partial charge on any atom is -0.356 e. The first-order chi connectivity index (χ1) is 17.8. The zero-order valence-electron chi connectivity index (χ0n) is 22.1. The van der Waals surface area contributed by atoms with E-state index in [1.807, 2.05) is 23.2 Å². The number of allylic oxidation sites excluding steroid dienone is 1. The fraction of sp³-hybridized carbons (Fsp3) is 0.556. The second-order valence-electron chi connectivity index (χ2n) is 11.0. The molecule has 37 heavy (non-hydrogen) atoms. The number of urea groups is 2. The van der Waals surface area contributed by atoms with Crippen molar-refractivity contribution in [3.8, 4) is 0 Å². The maximum atomic E-state index is 13.8. The summed E-state index contributed by atoms with van der Waals surface area (Å²) in [6.07, 6.45) is 2.01. The highest BCUT2D eigenvalue weighted by atomic mass is 16.2. The van der Waals surface area contributed by atoms with Gasteiger partial charge in [0, 0.05) is 84.3 Å². The van der Waals surface area contributed by atoms with Crippen LogP contribution in [0.5, 0.6) is 0 Å². The van der Waals surface area contributed by atoms with Crippen LogP contribution >= 0.6 is 0 Å². The Balaban J connectivity index is 1.23. The lowest BCUT2D eigenvalue weighted by molar-refractivity contribution is 0.0690. The summed E-state index contributed by atoms with van der Waals surface area (Å²) in [6.45, 7) is 9.51. The van der Waals surface area contributed by atoms with E-state index in [0.29, 0.717) is 74.0 Å². The standard InChI is InChI=1S/C27H35N7O3/c1-17-16-28-24(23-18(2)22(17)23)31-9-11-32(12-10-31)25(35)20-6-5-19(33-13-7-29(3)26(33)36)15-21(20)34-14-8-30(4)27(34)37/h5-6,15-16,18,22-23H,7-14H2,1-4H3/t18-,22?,23?/m0/s1. The largest absolute Gasteiger partial charge is 0.356 e. The zero-order valence-corrected chi connectivity index (χ0v) is 22.1. The van der Waals surface area contributed by atoms with Crippen LogP contribution in [0.2, 0.25) is 0 Å². The van der Waals surface area contributed by atoms with Crippen molar-refractivity contribution in [2.45, 2.75) is 13.8 Å². The van der Waals surface area contributed by atoms with Crippen molar-refractivity contribution in [1.82, 2.24) is 19.6 Å². The Hall–Kier alpha value is -3.56. The van der Waals surface area contributed by atoms with E-state index in [-0.39, 0.29) is 18.0 Å². The van der Waals surface area contributed by atoms with Crippen LogP contribution in [0.3, 0.4) is 0 Å². The molecule has 0 N–H and O–H groups in total. The van der Waals surface area contributed by atoms with Gasteiger partial charge in [0.15, 0.2) is 0 Å². The van der Waals surface area contributed by atoms with Gasteiger partial charge in [-0.25, -0.2) is 14.6 Å². The smallest absolute Gasteiger partial charge is 0.324 e. The molecule has 196 valence electrons. The molecule has 3 saturated heterocycles. The van der Waals surface area contributed by atoms with Crippen LogP contribution in [0.25, 0.3) is 0 Å². The maximum absolute atomic E-state index is 13.8. The summed E-state index contributed by atoms with van der Waals surface area (Å²) in [5.74, 6) is 2.86. The number of rotatable bonds is 3. The number of carbonyl (C=O) groups is 3. The van der Waals surface area contributed by atoms with E-state index in [0.717, 1.165) is 13.1 Å². The van der Waals surface area contributed by atoms with Gasteiger partial charge < -0.3 is 19.6 Å². The number of amides is 5. The molecule has 6 rings (SSSR count). The highest BCUT2D eigenvalue weighted by molar-refractivity contribution is 6.07. The second kappa shape index (κ2) is 8.78. The summed E-state index contributed by atoms with van der Waals surface area (Å²) in [5, 5.41) is 0. The number of fused-ring (bicyclic) bond motifs is 1. The Bertz CT molecular complexity index is 1220. The third-order valence-corrected chi connectivity index (χ3v) is 8.74. The summed E-state index contributed by atoms with van der Waals surface area (Å²) < 4.78 is 0. The molecule has 1 saturated carbocycles. The van der Waals surface area contributed by atoms with Crippen LogP contribution in [0.4, 0.5) is 21.0 Å². The molecule has 4 aliphatic heterocycles. The third-order valence-electron chi connectivity index (χ3n) is 8.74. The topological polar surface area (TPSA) is 83.0 Å². The molecule has 2 unspecified atom stereocenters. The number of hydrogen-bond donors (Lipinski definition) is 0. The lowest BCUT2D eigenvalue weighted by Crippen LogP contribution is -2.51. The molecule has 1 aliphatic carbocycles. The molecule has 0 spiro atoms. The van der Waals surface area contributed by atoms with Crippen molar-refractivity contribution < 1.29 is 14.4 Å². The summed E-state index contributed by atoms with van der Waals surface area (Å²) in [6, 6.07) is 5.24. The second-order valence-corrected chi connectivity index (χ2v) is 11.0. The quantitative estimate of drug-likeness (QED) is 0.632. The van der Waals surface area contributed by atoms with Gasteiger partial charge in [0.2, 0.25) is 0 Å². The molecule has 0 radical (unpaired) electrons. The van der Waals surface area contributed by atoms with Gasteiger partial charge in [-0.2, -0.15) is 0 Å². The SMILES string of the molecule is CC1=CN=C(N2CCN(C(=O)c3ccc(N4CCN(C)C4=O)cc3N3CCN(C)C3=O)CC2)C2C1[C@@H]2C. The predicted octanol–water partition coefficient (Wildman–Crippen LogP) is 2.39. The van der Waals surface area contributed by atoms with Crippen molar-refractivity contribution in [2.24, 2.45) is 22.7 Å². The van der Waals surface area contributed by atoms with Crippen LogP contribution in [0, 0.1) is 17.8 Å². The first-order valence-corrected chi connectivity index (χ1v) is 13.2. The Kier molecular flexibility index (Phi) is 5.65. The van der Waals surface area contributed by atoms with E-state index >= 15 is 0 Å². The molecule has 1 aromatic carbocycles. The average molecular weight is 506 g/mol. The lowest BCUT2D eigenvalue weighted by atomic mass is 10.1. The van der Waals surface area contributed by atoms with Crippen LogP contribution < -0.4 is 9.80 Å². The van der Waals surface area contributed by atoms with Gasteiger partial charge in [0.1, 0.15) is 5.84 Å². The van der Waals surface area contributed by atoms with Gasteiger partial charge in [-0.15, -0.1) is 0 Å². The Morgan fingerprint density at radius 3 is 2.14 bits per heavy atom. The maximum Gasteiger partial charge on any atom is 0.324 e. The van der Waals surface area contributed by atoms with Gasteiger partial charge >= 0.3 is 12.1 Å². The van der Waals surface area contributed by atoms with Gasteiger partial charge in [0.05, 0.1) is 11.3 Å². The third kappa shape index (κ3) is 3.84. The summed E-state index contributed by atoms with van der Waals surface area (Å²) in [5.41, 5.74) is 3.16. The van der Waals surface area contributed by atoms with Gasteiger partial charge in [-0.3, -0.25) is 14.6 Å². The molecular weight excluding hydrogens is 470 g/mol. The monoisotopic (exact) mass is 505 g/mol. The van der Waals surface area contributed by atoms with Crippen molar-refractivity contribution >= 4 is 35.2 Å². The van der Waals surface area contributed by atoms with E-state index < -0.39 is 0 Å². The average Bonchev–Trinajstić information content (AvgIpc) is 3.31. The van der Waals surface area contributed by atoms with Crippen molar-refractivity contribution in [1.29, 1.82) is 0 Å². The van der Waals surface area contributed by atoms with Crippen LogP contribution in [-0.4, -0.2) is 110 Å². The molecule has 0 aromatic heterocycles. The number of aliphatic imine (C=N–C) groups is 1. The van der Waals surface area contributed by atoms with Crippen LogP contribution in [0.1, 0.15) is 24.2 Å². The first-order valence-electron chi connectivity index (χ1n) is 13.2. The van der Waals surface area contributed by atoms with Crippen molar-refractivity contribution in [2.75, 3.05) is 76.3 Å². The Labute approximate surface area is 217 Å². The number of hydrogen-bond acceptors (Lipinski definition) is 5. The molecule has 1 aromatic rings. The van der Waals surface area contributed by atoms with Gasteiger partial charge in [-0.05, 0) is 37.0 Å². The van der Waals surface area contributed by atoms with E-state index in [1.54, 1.807) is 39.8 Å². The normalized spacial score (nSPS) is 27.6. The minimum absolute atomic E-state index is 0.0751. The molecule has 0 bridgehead atoms. The molecule has 10 heteroatoms. The Morgan fingerprint density at radius 1 is 0.865 bits per heavy atom. The molecule has 4 fully saturated rings. The summed E-state index contributed by atoms with van der Waals surface area (Å²) >= 11 is 0. The summed E-state index contributed by atoms with van der Waals surface area (Å²) in [7, 11) is 3.54. The van der Waals surface area contributed by atoms with Crippen LogP contribution in [-0.2, 0) is 0 Å². The number of likely N-dealkylation sites (N-methyl/N-ethyl adjacent to an activating group) is 2. The molecule has 5 aliphatic rings. The predicted molar refractivity (Wildman–Crippen MR) is 142 cm³/mol. The fourth-order valence-electron chi connectivity index (χ4n) is 6.35. The number of carbonyl (C=O) groups excluding carboxylic acids is 3. The number of benzene rings is 1. The molecule has 10 nitrogen and oxygen atoms in total. The van der Waals surface area contributed by atoms with E-state index in [1.165, 1.54) is 11.4 Å². The number of piperazine rings is 1. The van der Waals surface area contributed by atoms with E-state index in [2.05, 4.69) is 18.7 Å². The zero-order chi connectivity index (χ0) is 26.0. The highest BCUT2D eigenvalue weighted by Gasteiger charge is 2.53. The van der Waals surface area contributed by atoms with Crippen LogP contribution in [0.15, 0.2) is 35.0 Å². The first kappa shape index (κ1) is 23.8. The number of nitrogens with zero attached hydrogens (tertiary/aromatic N) is 7. The van der Waals surface area contributed by atoms with Crippen molar-refractivity contribution in [3.05, 3.63) is 35.5 Å². The molecular formula is C27H35N7O3. The van der Waals surface area contributed by atoms with Crippen molar-refractivity contribution in [3.63, 3.8) is 0 Å². The van der Waals surface area contributed by atoms with E-state index in [9.17, 15) is 14.4 Å². The van der Waals surface area contributed by atoms with Gasteiger partial charge in [-0.1, -0.05) is 12.5 Å². The Morgan fingerprint density at radius 2 is 1.51 bits per heavy atom. The van der Waals surface area contributed by atoms with Gasteiger partial charge in [0.25, 0.3) is 5.91 Å². The lowest BCUT2D eigenvalue weighted by Gasteiger charge is -2.37.